The van der Waals surface area contributed by atoms with E-state index in [1.807, 2.05) is 31.2 Å². The summed E-state index contributed by atoms with van der Waals surface area (Å²) in [5.74, 6) is 0.231. The highest BCUT2D eigenvalue weighted by molar-refractivity contribution is 7.90. The summed E-state index contributed by atoms with van der Waals surface area (Å²) in [5, 5.41) is 0. The monoisotopic (exact) mass is 345 g/mol. The van der Waals surface area contributed by atoms with Crippen molar-refractivity contribution in [2.24, 2.45) is 5.92 Å². The lowest BCUT2D eigenvalue weighted by Crippen LogP contribution is -2.40. The van der Waals surface area contributed by atoms with Crippen molar-refractivity contribution in [2.75, 3.05) is 25.1 Å². The molecular weight excluding hydrogens is 322 g/mol. The highest BCUT2D eigenvalue weighted by atomic mass is 32.2. The molecule has 0 radical (unpaired) electrons. The zero-order valence-corrected chi connectivity index (χ0v) is 14.7. The van der Waals surface area contributed by atoms with Gasteiger partial charge in [-0.2, -0.15) is 0 Å². The van der Waals surface area contributed by atoms with Crippen molar-refractivity contribution < 1.29 is 16.8 Å². The van der Waals surface area contributed by atoms with Crippen molar-refractivity contribution in [3.05, 3.63) is 35.4 Å². The van der Waals surface area contributed by atoms with E-state index in [1.54, 1.807) is 0 Å². The fraction of sp³-hybridized carbons (Fsp3) is 0.600. The summed E-state index contributed by atoms with van der Waals surface area (Å²) < 4.78 is 49.2. The number of nitrogens with zero attached hydrogens (tertiary/aromatic N) is 1. The molecule has 0 unspecified atom stereocenters. The van der Waals surface area contributed by atoms with Crippen LogP contribution in [0.2, 0.25) is 0 Å². The first-order chi connectivity index (χ1) is 10.2. The van der Waals surface area contributed by atoms with Gasteiger partial charge in [0.15, 0.2) is 0 Å². The molecule has 5 nitrogen and oxygen atoms in total. The molecule has 1 heterocycles. The number of sulfonamides is 1. The quantitative estimate of drug-likeness (QED) is 0.812. The number of benzene rings is 1. The molecule has 1 aliphatic heterocycles. The summed E-state index contributed by atoms with van der Waals surface area (Å²) in [7, 11) is -6.34. The molecule has 0 aromatic heterocycles. The summed E-state index contributed by atoms with van der Waals surface area (Å²) in [5.41, 5.74) is 1.79. The molecule has 7 heteroatoms. The minimum Gasteiger partial charge on any atom is -0.229 e. The minimum absolute atomic E-state index is 0.0103. The first kappa shape index (κ1) is 17.4. The van der Waals surface area contributed by atoms with Crippen LogP contribution in [0.15, 0.2) is 24.3 Å². The van der Waals surface area contributed by atoms with E-state index in [2.05, 4.69) is 0 Å². The lowest BCUT2D eigenvalue weighted by molar-refractivity contribution is 0.289. The van der Waals surface area contributed by atoms with E-state index in [0.717, 1.165) is 11.1 Å². The molecular formula is C15H23NO4S2. The van der Waals surface area contributed by atoms with Gasteiger partial charge in [-0.25, -0.2) is 21.1 Å². The Morgan fingerprint density at radius 3 is 2.23 bits per heavy atom. The second kappa shape index (κ2) is 6.68. The van der Waals surface area contributed by atoms with Gasteiger partial charge < -0.3 is 0 Å². The van der Waals surface area contributed by atoms with E-state index in [0.29, 0.717) is 25.9 Å². The largest absolute Gasteiger partial charge is 0.229 e. The van der Waals surface area contributed by atoms with Crippen molar-refractivity contribution >= 4 is 19.9 Å². The van der Waals surface area contributed by atoms with E-state index < -0.39 is 19.9 Å². The number of hydrogen-bond acceptors (Lipinski definition) is 4. The van der Waals surface area contributed by atoms with E-state index in [1.165, 1.54) is 10.6 Å². The Morgan fingerprint density at radius 1 is 1.09 bits per heavy atom. The summed E-state index contributed by atoms with van der Waals surface area (Å²) in [6.07, 6.45) is 2.45. The standard InChI is InChI=1S/C15H23NO4S2/c1-13-5-3-4-6-15(13)12-22(19,20)16-9-7-14(8-10-16)11-21(2,17)18/h3-6,14H,7-12H2,1-2H3. The highest BCUT2D eigenvalue weighted by Gasteiger charge is 2.29. The maximum Gasteiger partial charge on any atom is 0.218 e. The average Bonchev–Trinajstić information content (AvgIpc) is 2.40. The Balaban J connectivity index is 1.99. The lowest BCUT2D eigenvalue weighted by Gasteiger charge is -2.31. The Morgan fingerprint density at radius 2 is 1.68 bits per heavy atom. The zero-order chi connectivity index (χ0) is 16.4. The van der Waals surface area contributed by atoms with E-state index >= 15 is 0 Å². The SMILES string of the molecule is Cc1ccccc1CS(=O)(=O)N1CCC(CS(C)(=O)=O)CC1. The third kappa shape index (κ3) is 4.79. The predicted octanol–water partition coefficient (Wildman–Crippen LogP) is 1.58. The van der Waals surface area contributed by atoms with Crippen LogP contribution in [0.4, 0.5) is 0 Å². The molecule has 0 spiro atoms. The van der Waals surface area contributed by atoms with Crippen LogP contribution in [0.3, 0.4) is 0 Å². The number of rotatable bonds is 5. The minimum atomic E-state index is -3.34. The van der Waals surface area contributed by atoms with Crippen LogP contribution < -0.4 is 0 Å². The Labute approximate surface area is 133 Å². The van der Waals surface area contributed by atoms with Gasteiger partial charge in [-0.3, -0.25) is 0 Å². The van der Waals surface area contributed by atoms with Crippen molar-refractivity contribution in [1.29, 1.82) is 0 Å². The number of aryl methyl sites for hydroxylation is 1. The van der Waals surface area contributed by atoms with Gasteiger partial charge in [-0.1, -0.05) is 24.3 Å². The van der Waals surface area contributed by atoms with Crippen LogP contribution in [0.25, 0.3) is 0 Å². The second-order valence-electron chi connectivity index (χ2n) is 6.12. The summed E-state index contributed by atoms with van der Waals surface area (Å²) >= 11 is 0. The van der Waals surface area contributed by atoms with Gasteiger partial charge >= 0.3 is 0 Å². The smallest absolute Gasteiger partial charge is 0.218 e. The summed E-state index contributed by atoms with van der Waals surface area (Å²) in [4.78, 5) is 0. The molecule has 22 heavy (non-hydrogen) atoms. The van der Waals surface area contributed by atoms with Gasteiger partial charge in [-0.05, 0) is 36.8 Å². The van der Waals surface area contributed by atoms with Crippen LogP contribution in [0.1, 0.15) is 24.0 Å². The van der Waals surface area contributed by atoms with Gasteiger partial charge in [0.25, 0.3) is 0 Å². The van der Waals surface area contributed by atoms with Crippen molar-refractivity contribution in [3.8, 4) is 0 Å². The molecule has 1 saturated heterocycles. The molecule has 1 aromatic rings. The molecule has 0 atom stereocenters. The maximum atomic E-state index is 12.5. The summed E-state index contributed by atoms with van der Waals surface area (Å²) in [6, 6.07) is 7.48. The zero-order valence-electron chi connectivity index (χ0n) is 13.0. The topological polar surface area (TPSA) is 71.5 Å². The maximum absolute atomic E-state index is 12.5. The molecule has 2 rings (SSSR count). The van der Waals surface area contributed by atoms with Crippen molar-refractivity contribution in [1.82, 2.24) is 4.31 Å². The van der Waals surface area contributed by atoms with Gasteiger partial charge in [0.1, 0.15) is 9.84 Å². The first-order valence-corrected chi connectivity index (χ1v) is 11.0. The highest BCUT2D eigenvalue weighted by Crippen LogP contribution is 2.23. The number of sulfone groups is 1. The first-order valence-electron chi connectivity index (χ1n) is 7.37. The van der Waals surface area contributed by atoms with Crippen LogP contribution in [0, 0.1) is 12.8 Å². The molecule has 0 amide bonds. The predicted molar refractivity (Wildman–Crippen MR) is 87.8 cm³/mol. The molecule has 1 fully saturated rings. The summed E-state index contributed by atoms with van der Waals surface area (Å²) in [6.45, 7) is 2.73. The molecule has 1 aromatic carbocycles. The fourth-order valence-corrected chi connectivity index (χ4v) is 5.70. The van der Waals surface area contributed by atoms with E-state index in [9.17, 15) is 16.8 Å². The fourth-order valence-electron chi connectivity index (χ4n) is 2.84. The van der Waals surface area contributed by atoms with Gasteiger partial charge in [0.2, 0.25) is 10.0 Å². The van der Waals surface area contributed by atoms with Crippen molar-refractivity contribution in [3.63, 3.8) is 0 Å². The van der Waals surface area contributed by atoms with Crippen molar-refractivity contribution in [2.45, 2.75) is 25.5 Å². The normalized spacial score (nSPS) is 18.5. The Kier molecular flexibility index (Phi) is 5.29. The number of piperidine rings is 1. The third-order valence-electron chi connectivity index (χ3n) is 4.10. The lowest BCUT2D eigenvalue weighted by atomic mass is 10.0. The molecule has 124 valence electrons. The van der Waals surface area contributed by atoms with Crippen LogP contribution in [-0.2, 0) is 25.6 Å². The van der Waals surface area contributed by atoms with Crippen LogP contribution >= 0.6 is 0 Å². The third-order valence-corrected chi connectivity index (χ3v) is 7.01. The van der Waals surface area contributed by atoms with Crippen LogP contribution in [0.5, 0.6) is 0 Å². The van der Waals surface area contributed by atoms with E-state index in [4.69, 9.17) is 0 Å². The average molecular weight is 345 g/mol. The van der Waals surface area contributed by atoms with Gasteiger partial charge in [0.05, 0.1) is 11.5 Å². The molecule has 0 bridgehead atoms. The Hall–Kier alpha value is -0.920. The van der Waals surface area contributed by atoms with E-state index in [-0.39, 0.29) is 17.4 Å². The van der Waals surface area contributed by atoms with Gasteiger partial charge in [0, 0.05) is 19.3 Å². The Bertz CT molecular complexity index is 718. The molecule has 0 N–H and O–H groups in total. The molecule has 0 aliphatic carbocycles. The van der Waals surface area contributed by atoms with Gasteiger partial charge in [-0.15, -0.1) is 0 Å². The number of hydrogen-bond donors (Lipinski definition) is 0. The second-order valence-corrected chi connectivity index (χ2v) is 10.3. The molecule has 1 aliphatic rings. The van der Waals surface area contributed by atoms with Crippen LogP contribution in [-0.4, -0.2) is 46.2 Å². The molecule has 0 saturated carbocycles.